The van der Waals surface area contributed by atoms with Crippen molar-refractivity contribution in [1.29, 1.82) is 0 Å². The highest BCUT2D eigenvalue weighted by Gasteiger charge is 2.13. The van der Waals surface area contributed by atoms with Crippen molar-refractivity contribution in [2.45, 2.75) is 6.92 Å². The number of hydrogen-bond donors (Lipinski definition) is 2. The van der Waals surface area contributed by atoms with Crippen LogP contribution >= 0.6 is 35.4 Å². The number of hydrogen-bond acceptors (Lipinski definition) is 2. The average Bonchev–Trinajstić information content (AvgIpc) is 2.58. The van der Waals surface area contributed by atoms with Crippen molar-refractivity contribution in [3.05, 3.63) is 75.8 Å². The lowest BCUT2D eigenvalue weighted by molar-refractivity contribution is 0.0979. The second-order valence-corrected chi connectivity index (χ2v) is 6.76. The van der Waals surface area contributed by atoms with E-state index in [0.717, 1.165) is 22.0 Å². The fraction of sp³-hybridized carbons (Fsp3) is 0.0526. The van der Waals surface area contributed by atoms with E-state index in [-0.39, 0.29) is 11.0 Å². The van der Waals surface area contributed by atoms with Gasteiger partial charge in [-0.25, -0.2) is 0 Å². The number of benzene rings is 3. The van der Waals surface area contributed by atoms with Crippen LogP contribution < -0.4 is 10.6 Å². The smallest absolute Gasteiger partial charge is 0.258 e. The Morgan fingerprint density at radius 1 is 1.00 bits per heavy atom. The number of rotatable bonds is 2. The van der Waals surface area contributed by atoms with E-state index in [4.69, 9.17) is 35.4 Å². The molecule has 0 fully saturated rings. The molecule has 0 heterocycles. The fourth-order valence-corrected chi connectivity index (χ4v) is 3.13. The molecule has 0 aliphatic carbocycles. The lowest BCUT2D eigenvalue weighted by Gasteiger charge is -2.13. The van der Waals surface area contributed by atoms with Gasteiger partial charge < -0.3 is 5.32 Å². The Morgan fingerprint density at radius 2 is 1.72 bits per heavy atom. The van der Waals surface area contributed by atoms with Crippen molar-refractivity contribution in [2.75, 3.05) is 5.32 Å². The molecule has 0 aliphatic heterocycles. The Morgan fingerprint density at radius 3 is 2.52 bits per heavy atom. The number of nitrogens with one attached hydrogen (secondary N) is 2. The number of anilines is 1. The minimum absolute atomic E-state index is 0.203. The lowest BCUT2D eigenvalue weighted by Crippen LogP contribution is -2.34. The van der Waals surface area contributed by atoms with E-state index in [2.05, 4.69) is 10.6 Å². The molecule has 0 aromatic heterocycles. The summed E-state index contributed by atoms with van der Waals surface area (Å²) in [5.74, 6) is -0.301. The molecule has 0 spiro atoms. The van der Waals surface area contributed by atoms with Crippen LogP contribution in [0.1, 0.15) is 15.9 Å². The van der Waals surface area contributed by atoms with Gasteiger partial charge >= 0.3 is 0 Å². The average molecular weight is 389 g/mol. The van der Waals surface area contributed by atoms with Crippen LogP contribution in [0.15, 0.2) is 54.6 Å². The predicted molar refractivity (Wildman–Crippen MR) is 109 cm³/mol. The molecule has 126 valence electrons. The van der Waals surface area contributed by atoms with Crippen LogP contribution in [-0.2, 0) is 0 Å². The maximum Gasteiger partial charge on any atom is 0.258 e. The van der Waals surface area contributed by atoms with Crippen molar-refractivity contribution in [1.82, 2.24) is 5.32 Å². The number of fused-ring (bicyclic) bond motifs is 1. The number of amides is 1. The van der Waals surface area contributed by atoms with Gasteiger partial charge in [0.1, 0.15) is 0 Å². The molecule has 0 radical (unpaired) electrons. The predicted octanol–water partition coefficient (Wildman–Crippen LogP) is 5.58. The molecule has 2 N–H and O–H groups in total. The van der Waals surface area contributed by atoms with Crippen molar-refractivity contribution >= 4 is 62.9 Å². The normalized spacial score (nSPS) is 10.5. The molecule has 0 saturated carbocycles. The highest BCUT2D eigenvalue weighted by Crippen LogP contribution is 2.26. The van der Waals surface area contributed by atoms with Gasteiger partial charge in [-0.15, -0.1) is 0 Å². The van der Waals surface area contributed by atoms with Gasteiger partial charge in [-0.1, -0.05) is 53.5 Å². The van der Waals surface area contributed by atoms with Gasteiger partial charge in [0.25, 0.3) is 5.91 Å². The highest BCUT2D eigenvalue weighted by molar-refractivity contribution is 7.80. The van der Waals surface area contributed by atoms with Crippen LogP contribution in [0.5, 0.6) is 0 Å². The minimum Gasteiger partial charge on any atom is -0.332 e. The zero-order chi connectivity index (χ0) is 18.0. The summed E-state index contributed by atoms with van der Waals surface area (Å²) in [5, 5.41) is 8.68. The van der Waals surface area contributed by atoms with Gasteiger partial charge in [-0.2, -0.15) is 0 Å². The lowest BCUT2D eigenvalue weighted by atomic mass is 10.0. The van der Waals surface area contributed by atoms with Crippen molar-refractivity contribution in [2.24, 2.45) is 0 Å². The second-order valence-electron chi connectivity index (χ2n) is 5.51. The largest absolute Gasteiger partial charge is 0.332 e. The first-order chi connectivity index (χ1) is 12.0. The van der Waals surface area contributed by atoms with E-state index in [9.17, 15) is 4.79 Å². The van der Waals surface area contributed by atoms with Gasteiger partial charge in [-0.3, -0.25) is 10.1 Å². The third-order valence-electron chi connectivity index (χ3n) is 3.79. The molecular formula is C19H14Cl2N2OS. The van der Waals surface area contributed by atoms with Gasteiger partial charge in [0.05, 0.1) is 0 Å². The highest BCUT2D eigenvalue weighted by atomic mass is 35.5. The van der Waals surface area contributed by atoms with E-state index in [0.29, 0.717) is 15.6 Å². The Hall–Kier alpha value is -2.14. The van der Waals surface area contributed by atoms with Gasteiger partial charge in [0.2, 0.25) is 0 Å². The molecule has 6 heteroatoms. The Bertz CT molecular complexity index is 988. The maximum atomic E-state index is 12.6. The summed E-state index contributed by atoms with van der Waals surface area (Å²) in [4.78, 5) is 12.6. The zero-order valence-corrected chi connectivity index (χ0v) is 15.6. The minimum atomic E-state index is -0.301. The van der Waals surface area contributed by atoms with E-state index in [1.165, 1.54) is 0 Å². The van der Waals surface area contributed by atoms with E-state index < -0.39 is 0 Å². The maximum absolute atomic E-state index is 12.6. The fourth-order valence-electron chi connectivity index (χ4n) is 2.52. The summed E-state index contributed by atoms with van der Waals surface area (Å²) in [7, 11) is 0. The number of carbonyl (C=O) groups excluding carboxylic acids is 1. The molecule has 1 amide bonds. The number of carbonyl (C=O) groups is 1. The molecule has 3 nitrogen and oxygen atoms in total. The Labute approximate surface area is 160 Å². The first kappa shape index (κ1) is 17.7. The third kappa shape index (κ3) is 3.93. The number of thiocarbonyl (C=S) groups is 1. The molecule has 25 heavy (non-hydrogen) atoms. The molecule has 0 unspecified atom stereocenters. The Kier molecular flexibility index (Phi) is 5.23. The molecule has 0 bridgehead atoms. The molecular weight excluding hydrogens is 375 g/mol. The van der Waals surface area contributed by atoms with Crippen LogP contribution in [0.3, 0.4) is 0 Å². The standard InChI is InChI=1S/C19H14Cl2N2OS/c1-11-8-9-12(20)10-17(11)22-19(25)23-18(24)15-6-2-5-14-13(15)4-3-7-16(14)21/h2-10H,1H3,(H2,22,23,24,25). The summed E-state index contributed by atoms with van der Waals surface area (Å²) < 4.78 is 0. The van der Waals surface area contributed by atoms with Crippen molar-refractivity contribution in [3.63, 3.8) is 0 Å². The van der Waals surface area contributed by atoms with Crippen molar-refractivity contribution < 1.29 is 4.79 Å². The zero-order valence-electron chi connectivity index (χ0n) is 13.3. The summed E-state index contributed by atoms with van der Waals surface area (Å²) in [5.41, 5.74) is 2.23. The first-order valence-electron chi connectivity index (χ1n) is 7.51. The SMILES string of the molecule is Cc1ccc(Cl)cc1NC(=S)NC(=O)c1cccc2c(Cl)cccc12. The quantitative estimate of drug-likeness (QED) is 0.562. The van der Waals surface area contributed by atoms with Crippen molar-refractivity contribution in [3.8, 4) is 0 Å². The van der Waals surface area contributed by atoms with Crippen LogP contribution in [0, 0.1) is 6.92 Å². The summed E-state index contributed by atoms with van der Waals surface area (Å²) >= 11 is 17.4. The van der Waals surface area contributed by atoms with Gasteiger partial charge in [0, 0.05) is 26.7 Å². The van der Waals surface area contributed by atoms with Gasteiger partial charge in [-0.05, 0) is 54.4 Å². The monoisotopic (exact) mass is 388 g/mol. The second kappa shape index (κ2) is 7.40. The van der Waals surface area contributed by atoms with Gasteiger partial charge in [0.15, 0.2) is 5.11 Å². The summed E-state index contributed by atoms with van der Waals surface area (Å²) in [6.07, 6.45) is 0. The Balaban J connectivity index is 1.82. The molecule has 3 rings (SSSR count). The topological polar surface area (TPSA) is 41.1 Å². The molecule has 3 aromatic rings. The molecule has 0 saturated heterocycles. The van der Waals surface area contributed by atoms with E-state index in [1.54, 1.807) is 30.3 Å². The van der Waals surface area contributed by atoms with Crippen LogP contribution in [0.2, 0.25) is 10.0 Å². The van der Waals surface area contributed by atoms with E-state index in [1.807, 2.05) is 31.2 Å². The third-order valence-corrected chi connectivity index (χ3v) is 4.56. The first-order valence-corrected chi connectivity index (χ1v) is 8.68. The van der Waals surface area contributed by atoms with Crippen LogP contribution in [-0.4, -0.2) is 11.0 Å². The van der Waals surface area contributed by atoms with Crippen LogP contribution in [0.25, 0.3) is 10.8 Å². The van der Waals surface area contributed by atoms with Crippen LogP contribution in [0.4, 0.5) is 5.69 Å². The van der Waals surface area contributed by atoms with E-state index >= 15 is 0 Å². The molecule has 0 aliphatic rings. The number of halogens is 2. The molecule has 0 atom stereocenters. The molecule has 3 aromatic carbocycles. The number of aryl methyl sites for hydroxylation is 1. The summed E-state index contributed by atoms with van der Waals surface area (Å²) in [6.45, 7) is 1.93. The summed E-state index contributed by atoms with van der Waals surface area (Å²) in [6, 6.07) is 16.3.